The average Bonchev–Trinajstić information content (AvgIpc) is 2.54. The van der Waals surface area contributed by atoms with Gasteiger partial charge in [0.2, 0.25) is 0 Å². The Morgan fingerprint density at radius 2 is 1.91 bits per heavy atom. The van der Waals surface area contributed by atoms with Crippen LogP contribution in [0.25, 0.3) is 0 Å². The van der Waals surface area contributed by atoms with Crippen molar-refractivity contribution in [1.82, 2.24) is 10.2 Å². The molecule has 2 amide bonds. The summed E-state index contributed by atoms with van der Waals surface area (Å²) in [5.74, 6) is -1.21. The Morgan fingerprint density at radius 1 is 1.18 bits per heavy atom. The summed E-state index contributed by atoms with van der Waals surface area (Å²) < 4.78 is 0. The molecule has 6 heteroatoms. The second-order valence-electron chi connectivity index (χ2n) is 4.82. The van der Waals surface area contributed by atoms with Crippen LogP contribution in [-0.4, -0.2) is 49.1 Å². The lowest BCUT2D eigenvalue weighted by Crippen LogP contribution is -2.37. The third-order valence-corrected chi connectivity index (χ3v) is 4.09. The molecule has 0 atom stereocenters. The minimum Gasteiger partial charge on any atom is -0.348 e. The first-order chi connectivity index (χ1) is 10.6. The second-order valence-corrected chi connectivity index (χ2v) is 5.70. The largest absolute Gasteiger partial charge is 0.348 e. The van der Waals surface area contributed by atoms with E-state index in [0.717, 1.165) is 31.0 Å². The Kier molecular flexibility index (Phi) is 8.62. The maximum Gasteiger partial charge on any atom is 0.313 e. The summed E-state index contributed by atoms with van der Waals surface area (Å²) >= 11 is 1.59. The van der Waals surface area contributed by atoms with E-state index >= 15 is 0 Å². The molecule has 0 spiro atoms. The van der Waals surface area contributed by atoms with Crippen molar-refractivity contribution in [1.29, 1.82) is 0 Å². The van der Waals surface area contributed by atoms with Crippen LogP contribution in [0, 0.1) is 0 Å². The number of nitrogens with zero attached hydrogens (tertiary/aromatic N) is 1. The molecule has 1 aromatic rings. The van der Waals surface area contributed by atoms with Crippen molar-refractivity contribution in [3.8, 4) is 0 Å². The van der Waals surface area contributed by atoms with Crippen LogP contribution in [0.3, 0.4) is 0 Å². The van der Waals surface area contributed by atoms with Gasteiger partial charge in [-0.25, -0.2) is 0 Å². The van der Waals surface area contributed by atoms with E-state index in [1.54, 1.807) is 17.8 Å². The van der Waals surface area contributed by atoms with Crippen molar-refractivity contribution in [2.45, 2.75) is 25.2 Å². The van der Waals surface area contributed by atoms with Crippen LogP contribution in [-0.2, 0) is 9.59 Å². The molecule has 122 valence electrons. The Morgan fingerprint density at radius 3 is 2.55 bits per heavy atom. The molecular weight excluding hydrogens is 298 g/mol. The van der Waals surface area contributed by atoms with Gasteiger partial charge in [-0.05, 0) is 50.5 Å². The first kappa shape index (κ1) is 18.5. The summed E-state index contributed by atoms with van der Waals surface area (Å²) in [6.07, 6.45) is 2.80. The van der Waals surface area contributed by atoms with Crippen molar-refractivity contribution < 1.29 is 9.59 Å². The molecule has 22 heavy (non-hydrogen) atoms. The van der Waals surface area contributed by atoms with Crippen molar-refractivity contribution in [3.05, 3.63) is 24.3 Å². The van der Waals surface area contributed by atoms with Gasteiger partial charge < -0.3 is 15.5 Å². The summed E-state index contributed by atoms with van der Waals surface area (Å²) in [5, 5.41) is 5.27. The molecular formula is C16H25N3O2S. The first-order valence-electron chi connectivity index (χ1n) is 7.56. The average molecular weight is 323 g/mol. The zero-order chi connectivity index (χ0) is 16.4. The highest BCUT2D eigenvalue weighted by Crippen LogP contribution is 2.18. The van der Waals surface area contributed by atoms with Crippen LogP contribution in [0.15, 0.2) is 29.2 Å². The maximum atomic E-state index is 11.8. The predicted molar refractivity (Wildman–Crippen MR) is 92.3 cm³/mol. The Balaban J connectivity index is 2.34. The molecule has 0 saturated carbocycles. The van der Waals surface area contributed by atoms with E-state index in [1.165, 1.54) is 0 Å². The van der Waals surface area contributed by atoms with E-state index in [0.29, 0.717) is 12.2 Å². The van der Waals surface area contributed by atoms with E-state index in [4.69, 9.17) is 0 Å². The number of rotatable bonds is 8. The minimum atomic E-state index is -0.624. The molecule has 0 heterocycles. The molecule has 0 aliphatic heterocycles. The fourth-order valence-electron chi connectivity index (χ4n) is 2.01. The Hall–Kier alpha value is -1.53. The lowest BCUT2D eigenvalue weighted by molar-refractivity contribution is -0.136. The van der Waals surface area contributed by atoms with Gasteiger partial charge in [0.15, 0.2) is 0 Å². The van der Waals surface area contributed by atoms with Gasteiger partial charge in [-0.1, -0.05) is 19.9 Å². The highest BCUT2D eigenvalue weighted by molar-refractivity contribution is 7.98. The van der Waals surface area contributed by atoms with Gasteiger partial charge in [-0.2, -0.15) is 0 Å². The number of anilines is 1. The van der Waals surface area contributed by atoms with E-state index in [2.05, 4.69) is 29.4 Å². The molecule has 0 fully saturated rings. The zero-order valence-electron chi connectivity index (χ0n) is 13.5. The van der Waals surface area contributed by atoms with Crippen LogP contribution in [0.2, 0.25) is 0 Å². The number of carbonyl (C=O) groups is 2. The predicted octanol–water partition coefficient (Wildman–Crippen LogP) is 2.20. The lowest BCUT2D eigenvalue weighted by Gasteiger charge is -2.17. The van der Waals surface area contributed by atoms with Crippen LogP contribution in [0.5, 0.6) is 0 Å². The standard InChI is InChI=1S/C16H25N3O2S/c1-4-19(5-2)11-7-10-17-15(20)16(21)18-13-8-6-9-14(12-13)22-3/h6,8-9,12H,4-5,7,10-11H2,1-3H3,(H,17,20)(H,18,21). The van der Waals surface area contributed by atoms with E-state index in [1.807, 2.05) is 24.5 Å². The van der Waals surface area contributed by atoms with Crippen molar-refractivity contribution in [3.63, 3.8) is 0 Å². The van der Waals surface area contributed by atoms with Crippen molar-refractivity contribution in [2.75, 3.05) is 37.8 Å². The molecule has 0 aliphatic rings. The molecule has 0 aliphatic carbocycles. The number of carbonyl (C=O) groups excluding carboxylic acids is 2. The molecule has 1 aromatic carbocycles. The Bertz CT molecular complexity index is 490. The van der Waals surface area contributed by atoms with Gasteiger partial charge in [0.1, 0.15) is 0 Å². The monoisotopic (exact) mass is 323 g/mol. The van der Waals surface area contributed by atoms with Gasteiger partial charge in [-0.3, -0.25) is 9.59 Å². The molecule has 0 radical (unpaired) electrons. The maximum absolute atomic E-state index is 11.8. The molecule has 0 aromatic heterocycles. The number of thioether (sulfide) groups is 1. The molecule has 5 nitrogen and oxygen atoms in total. The van der Waals surface area contributed by atoms with E-state index in [9.17, 15) is 9.59 Å². The van der Waals surface area contributed by atoms with E-state index < -0.39 is 11.8 Å². The van der Waals surface area contributed by atoms with Gasteiger partial charge in [0.25, 0.3) is 0 Å². The van der Waals surface area contributed by atoms with Crippen LogP contribution < -0.4 is 10.6 Å². The fourth-order valence-corrected chi connectivity index (χ4v) is 2.47. The molecule has 2 N–H and O–H groups in total. The summed E-state index contributed by atoms with van der Waals surface area (Å²) in [5.41, 5.74) is 0.634. The number of benzene rings is 1. The summed E-state index contributed by atoms with van der Waals surface area (Å²) in [4.78, 5) is 26.9. The van der Waals surface area contributed by atoms with E-state index in [-0.39, 0.29) is 0 Å². The zero-order valence-corrected chi connectivity index (χ0v) is 14.3. The molecule has 0 saturated heterocycles. The van der Waals surface area contributed by atoms with Gasteiger partial charge in [0, 0.05) is 17.1 Å². The molecule has 1 rings (SSSR count). The fraction of sp³-hybridized carbons (Fsp3) is 0.500. The number of hydrogen-bond donors (Lipinski definition) is 2. The number of amides is 2. The SMILES string of the molecule is CCN(CC)CCCNC(=O)C(=O)Nc1cccc(SC)c1. The van der Waals surface area contributed by atoms with Crippen LogP contribution >= 0.6 is 11.8 Å². The smallest absolute Gasteiger partial charge is 0.313 e. The van der Waals surface area contributed by atoms with Gasteiger partial charge in [-0.15, -0.1) is 11.8 Å². The van der Waals surface area contributed by atoms with Gasteiger partial charge in [0.05, 0.1) is 0 Å². The summed E-state index contributed by atoms with van der Waals surface area (Å²) in [6.45, 7) is 7.64. The minimum absolute atomic E-state index is 0.508. The third kappa shape index (κ3) is 6.49. The second kappa shape index (κ2) is 10.2. The summed E-state index contributed by atoms with van der Waals surface area (Å²) in [7, 11) is 0. The van der Waals surface area contributed by atoms with Gasteiger partial charge >= 0.3 is 11.8 Å². The highest BCUT2D eigenvalue weighted by atomic mass is 32.2. The molecule has 0 bridgehead atoms. The normalized spacial score (nSPS) is 10.5. The number of nitrogens with one attached hydrogen (secondary N) is 2. The Labute approximate surface area is 136 Å². The van der Waals surface area contributed by atoms with Crippen LogP contribution in [0.1, 0.15) is 20.3 Å². The van der Waals surface area contributed by atoms with Crippen molar-refractivity contribution >= 4 is 29.3 Å². The summed E-state index contributed by atoms with van der Waals surface area (Å²) in [6, 6.07) is 7.42. The van der Waals surface area contributed by atoms with Crippen LogP contribution in [0.4, 0.5) is 5.69 Å². The van der Waals surface area contributed by atoms with Crippen molar-refractivity contribution in [2.24, 2.45) is 0 Å². The highest BCUT2D eigenvalue weighted by Gasteiger charge is 2.13. The molecule has 0 unspecified atom stereocenters. The number of hydrogen-bond acceptors (Lipinski definition) is 4. The first-order valence-corrected chi connectivity index (χ1v) is 8.78. The lowest BCUT2D eigenvalue weighted by atomic mass is 10.3. The topological polar surface area (TPSA) is 61.4 Å². The third-order valence-electron chi connectivity index (χ3n) is 3.36. The quantitative estimate of drug-likeness (QED) is 0.437.